The molecule has 0 unspecified atom stereocenters. The van der Waals surface area contributed by atoms with Crippen LogP contribution < -0.4 is 5.32 Å². The Morgan fingerprint density at radius 3 is 2.56 bits per heavy atom. The number of aryl methyl sites for hydroxylation is 1. The van der Waals surface area contributed by atoms with Crippen LogP contribution in [0.2, 0.25) is 0 Å². The summed E-state index contributed by atoms with van der Waals surface area (Å²) in [5.74, 6) is -0.00479. The fourth-order valence-electron chi connectivity index (χ4n) is 3.27. The van der Waals surface area contributed by atoms with Crippen LogP contribution in [0.15, 0.2) is 34.9 Å². The zero-order valence-electron chi connectivity index (χ0n) is 15.0. The van der Waals surface area contributed by atoms with Gasteiger partial charge >= 0.3 is 0 Å². The van der Waals surface area contributed by atoms with E-state index in [2.05, 4.69) is 41.4 Å². The number of carbonyl (C=O) groups is 1. The van der Waals surface area contributed by atoms with Crippen molar-refractivity contribution in [2.75, 3.05) is 13.1 Å². The van der Waals surface area contributed by atoms with Crippen molar-refractivity contribution >= 4 is 5.91 Å². The summed E-state index contributed by atoms with van der Waals surface area (Å²) in [5.41, 5.74) is 3.03. The third-order valence-electron chi connectivity index (χ3n) is 4.30. The number of nitrogens with one attached hydrogen (secondary N) is 1. The Balaban J connectivity index is 1.63. The Kier molecular flexibility index (Phi) is 5.50. The molecule has 1 aromatic heterocycles. The van der Waals surface area contributed by atoms with E-state index in [1.165, 1.54) is 5.56 Å². The summed E-state index contributed by atoms with van der Waals surface area (Å²) in [6.07, 6.45) is 0.482. The zero-order valence-corrected chi connectivity index (χ0v) is 15.0. The van der Waals surface area contributed by atoms with Crippen molar-refractivity contribution in [3.63, 3.8) is 0 Å². The summed E-state index contributed by atoms with van der Waals surface area (Å²) in [5, 5.41) is 6.66. The van der Waals surface area contributed by atoms with Crippen molar-refractivity contribution in [2.24, 2.45) is 0 Å². The number of morpholine rings is 1. The van der Waals surface area contributed by atoms with E-state index in [0.29, 0.717) is 12.2 Å². The van der Waals surface area contributed by atoms with E-state index in [-0.39, 0.29) is 23.9 Å². The Hall–Kier alpha value is -2.18. The Morgan fingerprint density at radius 1 is 1.24 bits per heavy atom. The fraction of sp³-hybridized carbons (Fsp3) is 0.474. The quantitative estimate of drug-likeness (QED) is 0.903. The van der Waals surface area contributed by atoms with Gasteiger partial charge in [0.25, 0.3) is 5.91 Å². The van der Waals surface area contributed by atoms with Gasteiger partial charge in [-0.3, -0.25) is 9.69 Å². The largest absolute Gasteiger partial charge is 0.373 e. The molecule has 1 aromatic carbocycles. The van der Waals surface area contributed by atoms with E-state index >= 15 is 0 Å². The van der Waals surface area contributed by atoms with Gasteiger partial charge in [-0.25, -0.2) is 0 Å². The van der Waals surface area contributed by atoms with Gasteiger partial charge in [0.05, 0.1) is 17.9 Å². The van der Waals surface area contributed by atoms with Gasteiger partial charge in [0.2, 0.25) is 5.76 Å². The molecule has 134 valence electrons. The summed E-state index contributed by atoms with van der Waals surface area (Å²) in [7, 11) is 0. The molecule has 0 aliphatic carbocycles. The van der Waals surface area contributed by atoms with Crippen LogP contribution in [0.25, 0.3) is 0 Å². The number of nitrogens with zero attached hydrogens (tertiary/aromatic N) is 2. The van der Waals surface area contributed by atoms with Crippen molar-refractivity contribution < 1.29 is 14.1 Å². The third-order valence-corrected chi connectivity index (χ3v) is 4.30. The highest BCUT2D eigenvalue weighted by molar-refractivity contribution is 5.91. The summed E-state index contributed by atoms with van der Waals surface area (Å²) in [6.45, 7) is 9.16. The standard InChI is InChI=1S/C19H25N3O3/c1-13-8-18(25-21-13)19(23)20-9-16-6-4-5-7-17(16)12-22-10-14(2)24-15(3)11-22/h4-8,14-15H,9-12H2,1-3H3,(H,20,23)/t14-,15-/m1/s1. The number of amides is 1. The van der Waals surface area contributed by atoms with Gasteiger partial charge in [0.15, 0.2) is 0 Å². The number of benzene rings is 1. The molecule has 0 spiro atoms. The summed E-state index contributed by atoms with van der Waals surface area (Å²) < 4.78 is 10.8. The maximum atomic E-state index is 12.1. The monoisotopic (exact) mass is 343 g/mol. The number of hydrogen-bond donors (Lipinski definition) is 1. The van der Waals surface area contributed by atoms with Crippen LogP contribution in [-0.2, 0) is 17.8 Å². The molecule has 6 heteroatoms. The SMILES string of the molecule is Cc1cc(C(=O)NCc2ccccc2CN2C[C@@H](C)O[C@H](C)C2)on1. The molecule has 2 atom stereocenters. The van der Waals surface area contributed by atoms with Crippen molar-refractivity contribution in [1.82, 2.24) is 15.4 Å². The van der Waals surface area contributed by atoms with Crippen molar-refractivity contribution in [2.45, 2.75) is 46.1 Å². The molecule has 1 amide bonds. The van der Waals surface area contributed by atoms with Crippen LogP contribution >= 0.6 is 0 Å². The Bertz CT molecular complexity index is 718. The number of hydrogen-bond acceptors (Lipinski definition) is 5. The van der Waals surface area contributed by atoms with Gasteiger partial charge in [-0.15, -0.1) is 0 Å². The number of rotatable bonds is 5. The van der Waals surface area contributed by atoms with Gasteiger partial charge in [-0.05, 0) is 31.9 Å². The molecule has 3 rings (SSSR count). The van der Waals surface area contributed by atoms with E-state index in [1.54, 1.807) is 13.0 Å². The van der Waals surface area contributed by atoms with Crippen molar-refractivity contribution in [3.05, 3.63) is 52.9 Å². The lowest BCUT2D eigenvalue weighted by Gasteiger charge is -2.35. The van der Waals surface area contributed by atoms with Gasteiger partial charge < -0.3 is 14.6 Å². The van der Waals surface area contributed by atoms with Crippen LogP contribution in [0, 0.1) is 6.92 Å². The maximum Gasteiger partial charge on any atom is 0.290 e. The van der Waals surface area contributed by atoms with E-state index in [4.69, 9.17) is 9.26 Å². The summed E-state index contributed by atoms with van der Waals surface area (Å²) in [4.78, 5) is 14.5. The highest BCUT2D eigenvalue weighted by atomic mass is 16.5. The molecule has 2 heterocycles. The third kappa shape index (κ3) is 4.67. The fourth-order valence-corrected chi connectivity index (χ4v) is 3.27. The minimum atomic E-state index is -0.246. The molecule has 0 bridgehead atoms. The first-order chi connectivity index (χ1) is 12.0. The first-order valence-corrected chi connectivity index (χ1v) is 8.67. The lowest BCUT2D eigenvalue weighted by molar-refractivity contribution is -0.0705. The second-order valence-corrected chi connectivity index (χ2v) is 6.74. The molecule has 1 saturated heterocycles. The minimum Gasteiger partial charge on any atom is -0.373 e. The summed E-state index contributed by atoms with van der Waals surface area (Å²) in [6, 6.07) is 9.83. The minimum absolute atomic E-state index is 0.241. The van der Waals surface area contributed by atoms with E-state index in [0.717, 1.165) is 25.2 Å². The molecule has 0 radical (unpaired) electrons. The van der Waals surface area contributed by atoms with E-state index < -0.39 is 0 Å². The average molecular weight is 343 g/mol. The van der Waals surface area contributed by atoms with Gasteiger partial charge in [-0.1, -0.05) is 29.4 Å². The topological polar surface area (TPSA) is 67.6 Å². The van der Waals surface area contributed by atoms with Crippen LogP contribution in [0.4, 0.5) is 0 Å². The highest BCUT2D eigenvalue weighted by Gasteiger charge is 2.22. The molecule has 2 aromatic rings. The van der Waals surface area contributed by atoms with Gasteiger partial charge in [0.1, 0.15) is 0 Å². The molecule has 1 N–H and O–H groups in total. The average Bonchev–Trinajstić information content (AvgIpc) is 2.99. The van der Waals surface area contributed by atoms with Crippen LogP contribution in [0.1, 0.15) is 41.2 Å². The Morgan fingerprint density at radius 2 is 1.92 bits per heavy atom. The lowest BCUT2D eigenvalue weighted by atomic mass is 10.1. The van der Waals surface area contributed by atoms with E-state index in [9.17, 15) is 4.79 Å². The smallest absolute Gasteiger partial charge is 0.290 e. The Labute approximate surface area is 148 Å². The predicted molar refractivity (Wildman–Crippen MR) is 94.1 cm³/mol. The van der Waals surface area contributed by atoms with Gasteiger partial charge in [-0.2, -0.15) is 0 Å². The first-order valence-electron chi connectivity index (χ1n) is 8.67. The summed E-state index contributed by atoms with van der Waals surface area (Å²) >= 11 is 0. The molecule has 0 saturated carbocycles. The molecule has 1 aliphatic rings. The second-order valence-electron chi connectivity index (χ2n) is 6.74. The molecule has 25 heavy (non-hydrogen) atoms. The van der Waals surface area contributed by atoms with Crippen molar-refractivity contribution in [3.8, 4) is 0 Å². The van der Waals surface area contributed by atoms with Crippen LogP contribution in [0.3, 0.4) is 0 Å². The zero-order chi connectivity index (χ0) is 17.8. The number of aromatic nitrogens is 1. The molecular weight excluding hydrogens is 318 g/mol. The number of ether oxygens (including phenoxy) is 1. The van der Waals surface area contributed by atoms with Gasteiger partial charge in [0, 0.05) is 32.2 Å². The van der Waals surface area contributed by atoms with Crippen LogP contribution in [0.5, 0.6) is 0 Å². The molecular formula is C19H25N3O3. The highest BCUT2D eigenvalue weighted by Crippen LogP contribution is 2.17. The molecule has 1 aliphatic heterocycles. The first kappa shape index (κ1) is 17.6. The van der Waals surface area contributed by atoms with Crippen LogP contribution in [-0.4, -0.2) is 41.3 Å². The predicted octanol–water partition coefficient (Wildman–Crippen LogP) is 2.52. The molecule has 1 fully saturated rings. The second kappa shape index (κ2) is 7.80. The normalized spacial score (nSPS) is 21.2. The van der Waals surface area contributed by atoms with Crippen molar-refractivity contribution in [1.29, 1.82) is 0 Å². The number of carbonyl (C=O) groups excluding carboxylic acids is 1. The lowest BCUT2D eigenvalue weighted by Crippen LogP contribution is -2.45. The maximum absolute atomic E-state index is 12.1. The van der Waals surface area contributed by atoms with E-state index in [1.807, 2.05) is 12.1 Å². The molecule has 6 nitrogen and oxygen atoms in total.